The van der Waals surface area contributed by atoms with Crippen molar-refractivity contribution in [1.29, 1.82) is 0 Å². The van der Waals surface area contributed by atoms with E-state index in [-0.39, 0.29) is 18.4 Å². The van der Waals surface area contributed by atoms with Crippen molar-refractivity contribution in [2.45, 2.75) is 25.7 Å². The summed E-state index contributed by atoms with van der Waals surface area (Å²) < 4.78 is 0. The molecule has 1 saturated heterocycles. The van der Waals surface area contributed by atoms with Crippen LogP contribution in [0.4, 0.5) is 0 Å². The van der Waals surface area contributed by atoms with Crippen molar-refractivity contribution in [1.82, 2.24) is 20.4 Å². The molecule has 0 saturated carbocycles. The lowest BCUT2D eigenvalue weighted by molar-refractivity contribution is -0.133. The van der Waals surface area contributed by atoms with E-state index < -0.39 is 0 Å². The summed E-state index contributed by atoms with van der Waals surface area (Å²) in [6.45, 7) is 2.93. The summed E-state index contributed by atoms with van der Waals surface area (Å²) in [5.41, 5.74) is 3.18. The molecular formula is C18H22N4O2. The number of benzene rings is 1. The summed E-state index contributed by atoms with van der Waals surface area (Å²) in [6.07, 6.45) is 1.81. The molecule has 1 aromatic heterocycles. The number of aromatic nitrogens is 2. The van der Waals surface area contributed by atoms with Crippen LogP contribution in [0, 0.1) is 0 Å². The van der Waals surface area contributed by atoms with Gasteiger partial charge in [-0.05, 0) is 18.9 Å². The van der Waals surface area contributed by atoms with Crippen molar-refractivity contribution < 1.29 is 9.59 Å². The second-order valence-corrected chi connectivity index (χ2v) is 6.14. The van der Waals surface area contributed by atoms with Crippen LogP contribution in [-0.4, -0.2) is 46.5 Å². The monoisotopic (exact) mass is 326 g/mol. The van der Waals surface area contributed by atoms with Gasteiger partial charge >= 0.3 is 0 Å². The summed E-state index contributed by atoms with van der Waals surface area (Å²) >= 11 is 0. The van der Waals surface area contributed by atoms with Crippen LogP contribution in [0.25, 0.3) is 11.3 Å². The first-order valence-electron chi connectivity index (χ1n) is 8.26. The third kappa shape index (κ3) is 3.82. The predicted molar refractivity (Wildman–Crippen MR) is 91.3 cm³/mol. The van der Waals surface area contributed by atoms with E-state index in [0.717, 1.165) is 29.8 Å². The molecule has 1 aliphatic heterocycles. The van der Waals surface area contributed by atoms with Gasteiger partial charge in [0.15, 0.2) is 0 Å². The minimum Gasteiger partial charge on any atom is -0.347 e. The number of aromatic amines is 1. The summed E-state index contributed by atoms with van der Waals surface area (Å²) in [6, 6.07) is 12.2. The van der Waals surface area contributed by atoms with Crippen LogP contribution in [0.2, 0.25) is 0 Å². The molecule has 1 aliphatic rings. The molecule has 0 unspecified atom stereocenters. The molecule has 1 fully saturated rings. The number of likely N-dealkylation sites (tertiary alicyclic amines) is 1. The van der Waals surface area contributed by atoms with Crippen LogP contribution in [0.3, 0.4) is 0 Å². The molecule has 0 aliphatic carbocycles. The van der Waals surface area contributed by atoms with Crippen LogP contribution in [0.5, 0.6) is 0 Å². The maximum Gasteiger partial charge on any atom is 0.241 e. The zero-order valence-electron chi connectivity index (χ0n) is 13.8. The Balaban J connectivity index is 1.56. The van der Waals surface area contributed by atoms with E-state index in [4.69, 9.17) is 0 Å². The molecule has 1 aromatic carbocycles. The number of hydrogen-bond donors (Lipinski definition) is 2. The highest BCUT2D eigenvalue weighted by Crippen LogP contribution is 2.29. The van der Waals surface area contributed by atoms with E-state index in [0.29, 0.717) is 19.0 Å². The quantitative estimate of drug-likeness (QED) is 0.901. The molecule has 24 heavy (non-hydrogen) atoms. The van der Waals surface area contributed by atoms with E-state index in [9.17, 15) is 9.59 Å². The van der Waals surface area contributed by atoms with Gasteiger partial charge in [0.05, 0.1) is 12.2 Å². The normalized spacial score (nSPS) is 15.3. The molecule has 0 radical (unpaired) electrons. The van der Waals surface area contributed by atoms with Gasteiger partial charge in [-0.3, -0.25) is 14.7 Å². The summed E-state index contributed by atoms with van der Waals surface area (Å²) in [5.74, 6) is 0.196. The molecular weight excluding hydrogens is 304 g/mol. The van der Waals surface area contributed by atoms with Crippen LogP contribution in [0.1, 0.15) is 31.4 Å². The topological polar surface area (TPSA) is 78.1 Å². The Morgan fingerprint density at radius 1 is 1.25 bits per heavy atom. The number of carbonyl (C=O) groups is 2. The Kier molecular flexibility index (Phi) is 4.93. The molecule has 126 valence electrons. The molecule has 2 heterocycles. The van der Waals surface area contributed by atoms with Crippen molar-refractivity contribution in [2.75, 3.05) is 19.6 Å². The van der Waals surface area contributed by atoms with Crippen molar-refractivity contribution in [3.63, 3.8) is 0 Å². The lowest BCUT2D eigenvalue weighted by atomic mass is 9.93. The fourth-order valence-corrected chi connectivity index (χ4v) is 3.05. The first-order chi connectivity index (χ1) is 11.6. The highest BCUT2D eigenvalue weighted by molar-refractivity contribution is 5.83. The summed E-state index contributed by atoms with van der Waals surface area (Å²) in [7, 11) is 0. The van der Waals surface area contributed by atoms with E-state index in [1.165, 1.54) is 6.92 Å². The first kappa shape index (κ1) is 16.2. The number of piperidine rings is 1. The molecule has 0 atom stereocenters. The lowest BCUT2D eigenvalue weighted by Crippen LogP contribution is -2.43. The molecule has 0 spiro atoms. The number of hydrogen-bond acceptors (Lipinski definition) is 3. The second kappa shape index (κ2) is 7.29. The zero-order valence-corrected chi connectivity index (χ0v) is 13.8. The zero-order chi connectivity index (χ0) is 16.9. The molecule has 6 nitrogen and oxygen atoms in total. The van der Waals surface area contributed by atoms with Gasteiger partial charge < -0.3 is 10.2 Å². The number of H-pyrrole nitrogens is 1. The van der Waals surface area contributed by atoms with E-state index in [2.05, 4.69) is 21.6 Å². The Morgan fingerprint density at radius 3 is 2.62 bits per heavy atom. The molecule has 3 rings (SSSR count). The van der Waals surface area contributed by atoms with E-state index in [1.54, 1.807) is 0 Å². The smallest absolute Gasteiger partial charge is 0.241 e. The van der Waals surface area contributed by atoms with Crippen molar-refractivity contribution in [3.8, 4) is 11.3 Å². The average molecular weight is 326 g/mol. The first-order valence-corrected chi connectivity index (χ1v) is 8.26. The van der Waals surface area contributed by atoms with Crippen molar-refractivity contribution >= 4 is 11.8 Å². The fraction of sp³-hybridized carbons (Fsp3) is 0.389. The fourth-order valence-electron chi connectivity index (χ4n) is 3.05. The largest absolute Gasteiger partial charge is 0.347 e. The number of carbonyl (C=O) groups excluding carboxylic acids is 2. The van der Waals surface area contributed by atoms with Crippen molar-refractivity contribution in [3.05, 3.63) is 42.1 Å². The molecule has 0 bridgehead atoms. The third-order valence-electron chi connectivity index (χ3n) is 4.44. The van der Waals surface area contributed by atoms with Crippen LogP contribution < -0.4 is 5.32 Å². The maximum absolute atomic E-state index is 12.0. The minimum atomic E-state index is -0.177. The number of nitrogens with one attached hydrogen (secondary N) is 2. The van der Waals surface area contributed by atoms with Gasteiger partial charge in [-0.15, -0.1) is 0 Å². The van der Waals surface area contributed by atoms with Gasteiger partial charge in [-0.1, -0.05) is 30.3 Å². The predicted octanol–water partition coefficient (Wildman–Crippen LogP) is 1.92. The van der Waals surface area contributed by atoms with Gasteiger partial charge in [0.2, 0.25) is 11.8 Å². The lowest BCUT2D eigenvalue weighted by Gasteiger charge is -2.31. The highest BCUT2D eigenvalue weighted by atomic mass is 16.2. The summed E-state index contributed by atoms with van der Waals surface area (Å²) in [5, 5.41) is 10.1. The van der Waals surface area contributed by atoms with Gasteiger partial charge in [0.1, 0.15) is 0 Å². The van der Waals surface area contributed by atoms with Crippen molar-refractivity contribution in [2.24, 2.45) is 0 Å². The van der Waals surface area contributed by atoms with Gasteiger partial charge in [0.25, 0.3) is 0 Å². The third-order valence-corrected chi connectivity index (χ3v) is 4.44. The van der Waals surface area contributed by atoms with Crippen LogP contribution in [-0.2, 0) is 9.59 Å². The summed E-state index contributed by atoms with van der Waals surface area (Å²) in [4.78, 5) is 24.7. The van der Waals surface area contributed by atoms with Crippen LogP contribution in [0.15, 0.2) is 36.4 Å². The van der Waals surface area contributed by atoms with Gasteiger partial charge in [0, 0.05) is 37.2 Å². The highest BCUT2D eigenvalue weighted by Gasteiger charge is 2.25. The van der Waals surface area contributed by atoms with Gasteiger partial charge in [-0.25, -0.2) is 0 Å². The minimum absolute atomic E-state index is 0.0155. The molecule has 2 aromatic rings. The maximum atomic E-state index is 12.0. The standard InChI is InChI=1S/C18H22N4O2/c1-13(23)19-12-18(24)22-9-7-15(8-10-22)17-11-16(20-21-17)14-5-3-2-4-6-14/h2-6,11,15H,7-10,12H2,1H3,(H,19,23)(H,20,21). The molecule has 2 N–H and O–H groups in total. The molecule has 2 amide bonds. The van der Waals surface area contributed by atoms with E-state index in [1.807, 2.05) is 35.2 Å². The Hall–Kier alpha value is -2.63. The molecule has 6 heteroatoms. The Bertz CT molecular complexity index is 703. The number of nitrogens with zero attached hydrogens (tertiary/aromatic N) is 2. The Labute approximate surface area is 141 Å². The SMILES string of the molecule is CC(=O)NCC(=O)N1CCC(c2cc(-c3ccccc3)n[nH]2)CC1. The Morgan fingerprint density at radius 2 is 1.96 bits per heavy atom. The average Bonchev–Trinajstić information content (AvgIpc) is 3.10. The second-order valence-electron chi connectivity index (χ2n) is 6.14. The van der Waals surface area contributed by atoms with E-state index >= 15 is 0 Å². The van der Waals surface area contributed by atoms with Gasteiger partial charge in [-0.2, -0.15) is 5.10 Å². The number of amides is 2. The number of rotatable bonds is 4. The van der Waals surface area contributed by atoms with Crippen LogP contribution >= 0.6 is 0 Å².